The lowest BCUT2D eigenvalue weighted by atomic mass is 10.0. The summed E-state index contributed by atoms with van der Waals surface area (Å²) in [6, 6.07) is 8.27. The topological polar surface area (TPSA) is 35.5 Å². The molecule has 0 unspecified atom stereocenters. The largest absolute Gasteiger partial charge is 0.514 e. The number of hydrogen-bond acceptors (Lipinski definition) is 3. The molecule has 0 saturated heterocycles. The van der Waals surface area contributed by atoms with Crippen molar-refractivity contribution >= 4 is 6.16 Å². The third-order valence-electron chi connectivity index (χ3n) is 2.04. The molecule has 0 amide bonds. The van der Waals surface area contributed by atoms with Crippen LogP contribution in [-0.4, -0.2) is 11.8 Å². The molecule has 0 saturated carbocycles. The molecule has 0 aliphatic rings. The molecule has 0 heterocycles. The van der Waals surface area contributed by atoms with E-state index in [4.69, 9.17) is 9.47 Å². The van der Waals surface area contributed by atoms with Gasteiger partial charge in [0.05, 0.1) is 0 Å². The molecular formula is C14H19O3. The van der Waals surface area contributed by atoms with E-state index in [1.807, 2.05) is 12.1 Å². The highest BCUT2D eigenvalue weighted by Gasteiger charge is 2.18. The Morgan fingerprint density at radius 1 is 1.29 bits per heavy atom. The molecular weight excluding hydrogens is 216 g/mol. The summed E-state index contributed by atoms with van der Waals surface area (Å²) in [6.07, 6.45) is -0.688. The van der Waals surface area contributed by atoms with E-state index in [0.717, 1.165) is 5.56 Å². The van der Waals surface area contributed by atoms with Crippen molar-refractivity contribution in [2.75, 3.05) is 0 Å². The van der Waals surface area contributed by atoms with Crippen LogP contribution >= 0.6 is 0 Å². The van der Waals surface area contributed by atoms with Gasteiger partial charge >= 0.3 is 6.16 Å². The summed E-state index contributed by atoms with van der Waals surface area (Å²) in [4.78, 5) is 11.5. The van der Waals surface area contributed by atoms with Crippen LogP contribution in [0.25, 0.3) is 0 Å². The van der Waals surface area contributed by atoms with Gasteiger partial charge in [-0.3, -0.25) is 0 Å². The number of carbonyl (C=O) groups is 1. The monoisotopic (exact) mass is 235 g/mol. The number of rotatable bonds is 2. The first kappa shape index (κ1) is 13.6. The maximum atomic E-state index is 11.5. The van der Waals surface area contributed by atoms with Crippen LogP contribution in [0.4, 0.5) is 4.79 Å². The van der Waals surface area contributed by atoms with Crippen molar-refractivity contribution in [3.8, 4) is 5.75 Å². The maximum Gasteiger partial charge on any atom is 0.514 e. The molecule has 0 atom stereocenters. The highest BCUT2D eigenvalue weighted by molar-refractivity contribution is 5.64. The Balaban J connectivity index is 2.69. The molecule has 1 aromatic carbocycles. The van der Waals surface area contributed by atoms with Crippen molar-refractivity contribution < 1.29 is 14.3 Å². The van der Waals surface area contributed by atoms with E-state index < -0.39 is 11.8 Å². The molecule has 93 valence electrons. The Hall–Kier alpha value is -1.51. The molecule has 0 bridgehead atoms. The van der Waals surface area contributed by atoms with Crippen LogP contribution in [-0.2, 0) is 4.74 Å². The second-order valence-electron chi connectivity index (χ2n) is 5.22. The van der Waals surface area contributed by atoms with Crippen LogP contribution in [0, 0.1) is 6.07 Å². The van der Waals surface area contributed by atoms with Crippen LogP contribution < -0.4 is 4.74 Å². The number of hydrogen-bond donors (Lipinski definition) is 0. The van der Waals surface area contributed by atoms with Crippen molar-refractivity contribution in [3.63, 3.8) is 0 Å². The lowest BCUT2D eigenvalue weighted by Gasteiger charge is -2.18. The predicted octanol–water partition coefficient (Wildman–Crippen LogP) is 3.92. The summed E-state index contributed by atoms with van der Waals surface area (Å²) < 4.78 is 10.2. The van der Waals surface area contributed by atoms with E-state index in [2.05, 4.69) is 19.9 Å². The fraction of sp³-hybridized carbons (Fsp3) is 0.500. The average molecular weight is 235 g/mol. The first-order valence-electron chi connectivity index (χ1n) is 5.70. The van der Waals surface area contributed by atoms with E-state index in [9.17, 15) is 4.79 Å². The van der Waals surface area contributed by atoms with Crippen molar-refractivity contribution in [1.82, 2.24) is 0 Å². The summed E-state index contributed by atoms with van der Waals surface area (Å²) in [5.74, 6) is 0.832. The first-order valence-corrected chi connectivity index (χ1v) is 5.70. The Morgan fingerprint density at radius 3 is 2.47 bits per heavy atom. The standard InChI is InChI=1S/C14H19O3/c1-10(2)11-7-6-8-12(9-11)16-13(15)17-14(3,4)5/h7-10H,1-5H3. The molecule has 0 fully saturated rings. The Labute approximate surface area is 103 Å². The lowest BCUT2D eigenvalue weighted by Crippen LogP contribution is -2.26. The highest BCUT2D eigenvalue weighted by Crippen LogP contribution is 2.20. The summed E-state index contributed by atoms with van der Waals surface area (Å²) in [5, 5.41) is 0. The van der Waals surface area contributed by atoms with Gasteiger partial charge in [0.1, 0.15) is 11.4 Å². The molecule has 0 aliphatic carbocycles. The van der Waals surface area contributed by atoms with Crippen molar-refractivity contribution in [3.05, 3.63) is 29.8 Å². The van der Waals surface area contributed by atoms with E-state index in [-0.39, 0.29) is 0 Å². The molecule has 1 rings (SSSR count). The zero-order chi connectivity index (χ0) is 13.1. The summed E-state index contributed by atoms with van der Waals surface area (Å²) in [6.45, 7) is 9.53. The van der Waals surface area contributed by atoms with E-state index in [1.165, 1.54) is 0 Å². The minimum atomic E-state index is -0.688. The van der Waals surface area contributed by atoms with Gasteiger partial charge in [-0.1, -0.05) is 19.9 Å². The van der Waals surface area contributed by atoms with E-state index in [1.54, 1.807) is 26.8 Å². The zero-order valence-electron chi connectivity index (χ0n) is 11.0. The fourth-order valence-electron chi connectivity index (χ4n) is 1.23. The van der Waals surface area contributed by atoms with Crippen LogP contribution in [0.2, 0.25) is 0 Å². The molecule has 1 aromatic rings. The summed E-state index contributed by atoms with van der Waals surface area (Å²) in [5.41, 5.74) is 0.530. The molecule has 3 nitrogen and oxygen atoms in total. The number of carbonyl (C=O) groups excluding carboxylic acids is 1. The third-order valence-corrected chi connectivity index (χ3v) is 2.04. The van der Waals surface area contributed by atoms with Crippen molar-refractivity contribution in [2.24, 2.45) is 0 Å². The quantitative estimate of drug-likeness (QED) is 0.575. The van der Waals surface area contributed by atoms with E-state index >= 15 is 0 Å². The van der Waals surface area contributed by atoms with Gasteiger partial charge in [-0.25, -0.2) is 4.79 Å². The van der Waals surface area contributed by atoms with Crippen molar-refractivity contribution in [2.45, 2.75) is 46.1 Å². The Kier molecular flexibility index (Phi) is 4.16. The van der Waals surface area contributed by atoms with Gasteiger partial charge in [0.2, 0.25) is 0 Å². The first-order chi connectivity index (χ1) is 7.78. The van der Waals surface area contributed by atoms with Crippen LogP contribution in [0.5, 0.6) is 5.75 Å². The van der Waals surface area contributed by atoms with Gasteiger partial charge in [0.25, 0.3) is 0 Å². The molecule has 0 N–H and O–H groups in total. The number of ether oxygens (including phenoxy) is 2. The molecule has 0 aromatic heterocycles. The fourth-order valence-corrected chi connectivity index (χ4v) is 1.23. The Morgan fingerprint density at radius 2 is 1.94 bits per heavy atom. The molecule has 3 heteroatoms. The van der Waals surface area contributed by atoms with E-state index in [0.29, 0.717) is 11.7 Å². The van der Waals surface area contributed by atoms with Crippen molar-refractivity contribution in [1.29, 1.82) is 0 Å². The zero-order valence-corrected chi connectivity index (χ0v) is 11.0. The summed E-state index contributed by atoms with van der Waals surface area (Å²) >= 11 is 0. The SMILES string of the molecule is CC(C)c1c[c]cc(OC(=O)OC(C)(C)C)c1. The van der Waals surface area contributed by atoms with Crippen LogP contribution in [0.1, 0.15) is 46.1 Å². The predicted molar refractivity (Wildman–Crippen MR) is 66.2 cm³/mol. The normalized spacial score (nSPS) is 11.4. The molecule has 17 heavy (non-hydrogen) atoms. The molecule has 0 aliphatic heterocycles. The smallest absolute Gasteiger partial charge is 0.428 e. The maximum absolute atomic E-state index is 11.5. The average Bonchev–Trinajstić information content (AvgIpc) is 2.14. The minimum absolute atomic E-state index is 0.369. The van der Waals surface area contributed by atoms with Crippen LogP contribution in [0.3, 0.4) is 0 Å². The van der Waals surface area contributed by atoms with Gasteiger partial charge in [-0.05, 0) is 50.5 Å². The number of benzene rings is 1. The second kappa shape index (κ2) is 5.21. The lowest BCUT2D eigenvalue weighted by molar-refractivity contribution is 0.0206. The van der Waals surface area contributed by atoms with Gasteiger partial charge < -0.3 is 9.47 Å². The summed E-state index contributed by atoms with van der Waals surface area (Å²) in [7, 11) is 0. The second-order valence-corrected chi connectivity index (χ2v) is 5.22. The van der Waals surface area contributed by atoms with Gasteiger partial charge in [0.15, 0.2) is 0 Å². The minimum Gasteiger partial charge on any atom is -0.428 e. The Bertz CT molecular complexity index is 389. The molecule has 1 radical (unpaired) electrons. The third kappa shape index (κ3) is 4.89. The molecule has 0 spiro atoms. The van der Waals surface area contributed by atoms with Gasteiger partial charge in [-0.15, -0.1) is 0 Å². The van der Waals surface area contributed by atoms with Gasteiger partial charge in [-0.2, -0.15) is 0 Å². The van der Waals surface area contributed by atoms with Gasteiger partial charge in [0, 0.05) is 0 Å². The highest BCUT2D eigenvalue weighted by atomic mass is 16.7. The van der Waals surface area contributed by atoms with Crippen LogP contribution in [0.15, 0.2) is 18.2 Å².